The van der Waals surface area contributed by atoms with Crippen molar-refractivity contribution in [3.05, 3.63) is 35.9 Å². The highest BCUT2D eigenvalue weighted by Crippen LogP contribution is 2.66. The van der Waals surface area contributed by atoms with Gasteiger partial charge in [-0.05, 0) is 36.5 Å². The van der Waals surface area contributed by atoms with Gasteiger partial charge in [-0.1, -0.05) is 50.0 Å². The molecular formula is C10H15Br2PSi. The molecule has 1 unspecified atom stereocenters. The molecule has 14 heavy (non-hydrogen) atoms. The molecule has 4 heteroatoms. The largest absolute Gasteiger partial charge is 0.0687 e. The van der Waals surface area contributed by atoms with Crippen LogP contribution < -0.4 is 0 Å². The Hall–Kier alpha value is 0.827. The summed E-state index contributed by atoms with van der Waals surface area (Å²) in [4.78, 5) is 0. The van der Waals surface area contributed by atoms with Gasteiger partial charge in [0.15, 0.2) is 0 Å². The summed E-state index contributed by atoms with van der Waals surface area (Å²) in [5.74, 6) is 0. The average Bonchev–Trinajstić information content (AvgIpc) is 2.02. The molecule has 1 atom stereocenters. The van der Waals surface area contributed by atoms with Crippen molar-refractivity contribution in [3.8, 4) is 0 Å². The van der Waals surface area contributed by atoms with Crippen molar-refractivity contribution in [2.24, 2.45) is 0 Å². The molecule has 0 fully saturated rings. The number of rotatable bonds is 3. The van der Waals surface area contributed by atoms with Crippen molar-refractivity contribution >= 4 is 44.4 Å². The third-order valence-corrected chi connectivity index (χ3v) is 12.6. The summed E-state index contributed by atoms with van der Waals surface area (Å²) in [6, 6.07) is 10.8. The molecular weight excluding hydrogens is 339 g/mol. The van der Waals surface area contributed by atoms with Gasteiger partial charge in [0, 0.05) is 10.6 Å². The summed E-state index contributed by atoms with van der Waals surface area (Å²) in [7, 11) is -1.16. The Kier molecular flexibility index (Phi) is 4.83. The first kappa shape index (κ1) is 12.9. The molecule has 0 aliphatic heterocycles. The molecule has 0 aromatic heterocycles. The molecule has 0 saturated carbocycles. The van der Waals surface area contributed by atoms with Gasteiger partial charge in [-0.2, -0.15) is 0 Å². The fourth-order valence-electron chi connectivity index (χ4n) is 1.54. The van der Waals surface area contributed by atoms with Gasteiger partial charge in [0.1, 0.15) is 0 Å². The number of benzene rings is 1. The summed E-state index contributed by atoms with van der Waals surface area (Å²) in [5.41, 5.74) is 1.46. The Labute approximate surface area is 105 Å². The number of hydrogen-bond donors (Lipinski definition) is 0. The monoisotopic (exact) mass is 352 g/mol. The summed E-state index contributed by atoms with van der Waals surface area (Å²) in [6.45, 7) is 7.26. The van der Waals surface area contributed by atoms with Crippen LogP contribution in [0.4, 0.5) is 0 Å². The van der Waals surface area contributed by atoms with E-state index in [0.29, 0.717) is 5.28 Å². The molecule has 0 spiro atoms. The molecule has 0 heterocycles. The highest BCUT2D eigenvalue weighted by Gasteiger charge is 2.32. The molecule has 0 aliphatic carbocycles. The zero-order chi connectivity index (χ0) is 10.8. The van der Waals surface area contributed by atoms with Crippen LogP contribution in [-0.2, 0) is 0 Å². The second-order valence-electron chi connectivity index (χ2n) is 4.44. The first-order valence-corrected chi connectivity index (χ1v) is 13.6. The number of halogens is 2. The zero-order valence-electron chi connectivity index (χ0n) is 8.67. The predicted octanol–water partition coefficient (Wildman–Crippen LogP) is 5.71. The Morgan fingerprint density at radius 2 is 1.57 bits per heavy atom. The first-order valence-electron chi connectivity index (χ1n) is 4.58. The zero-order valence-corrected chi connectivity index (χ0v) is 13.7. The quantitative estimate of drug-likeness (QED) is 0.482. The molecule has 0 N–H and O–H groups in total. The van der Waals surface area contributed by atoms with Gasteiger partial charge in [-0.15, -0.1) is 0 Å². The van der Waals surface area contributed by atoms with E-state index in [9.17, 15) is 0 Å². The number of hydrogen-bond acceptors (Lipinski definition) is 0. The molecule has 0 saturated heterocycles. The Balaban J connectivity index is 3.02. The minimum Gasteiger partial charge on any atom is -0.0687 e. The molecule has 1 rings (SSSR count). The fraction of sp³-hybridized carbons (Fsp3) is 0.400. The fourth-order valence-corrected chi connectivity index (χ4v) is 17.9. The van der Waals surface area contributed by atoms with E-state index in [4.69, 9.17) is 0 Å². The van der Waals surface area contributed by atoms with Crippen LogP contribution in [-0.4, -0.2) is 8.07 Å². The van der Waals surface area contributed by atoms with Crippen molar-refractivity contribution in [3.63, 3.8) is 0 Å². The van der Waals surface area contributed by atoms with Crippen molar-refractivity contribution in [2.45, 2.75) is 24.9 Å². The SMILES string of the molecule is C[Si](C)(C)C(c1ccccc1)P(Br)Br. The third kappa shape index (κ3) is 3.44. The average molecular weight is 354 g/mol. The van der Waals surface area contributed by atoms with Crippen LogP contribution in [0.15, 0.2) is 30.3 Å². The topological polar surface area (TPSA) is 0 Å². The maximum absolute atomic E-state index is 3.73. The van der Waals surface area contributed by atoms with Crippen LogP contribution in [0.5, 0.6) is 0 Å². The van der Waals surface area contributed by atoms with Gasteiger partial charge in [-0.25, -0.2) is 0 Å². The highest BCUT2D eigenvalue weighted by atomic mass is 79.9. The van der Waals surface area contributed by atoms with E-state index in [0.717, 1.165) is 0 Å². The van der Waals surface area contributed by atoms with Gasteiger partial charge < -0.3 is 0 Å². The lowest BCUT2D eigenvalue weighted by Crippen LogP contribution is -2.28. The molecule has 0 radical (unpaired) electrons. The van der Waals surface area contributed by atoms with Crippen LogP contribution in [0, 0.1) is 0 Å². The molecule has 0 aliphatic rings. The van der Waals surface area contributed by atoms with Crippen molar-refractivity contribution in [2.75, 3.05) is 0 Å². The van der Waals surface area contributed by atoms with E-state index >= 15 is 0 Å². The lowest BCUT2D eigenvalue weighted by molar-refractivity contribution is 1.27. The molecule has 0 bridgehead atoms. The van der Waals surface area contributed by atoms with Gasteiger partial charge in [0.2, 0.25) is 0 Å². The van der Waals surface area contributed by atoms with E-state index in [1.807, 2.05) is 0 Å². The summed E-state index contributed by atoms with van der Waals surface area (Å²) >= 11 is 7.46. The molecule has 0 amide bonds. The Bertz CT molecular complexity index is 282. The van der Waals surface area contributed by atoms with E-state index in [1.54, 1.807) is 0 Å². The first-order chi connectivity index (χ1) is 6.43. The van der Waals surface area contributed by atoms with Crippen LogP contribution in [0.25, 0.3) is 0 Å². The maximum atomic E-state index is 3.73. The predicted molar refractivity (Wildman–Crippen MR) is 77.3 cm³/mol. The van der Waals surface area contributed by atoms with Crippen molar-refractivity contribution < 1.29 is 0 Å². The van der Waals surface area contributed by atoms with Crippen LogP contribution in [0.1, 0.15) is 10.8 Å². The highest BCUT2D eigenvalue weighted by molar-refractivity contribution is 9.69. The Morgan fingerprint density at radius 3 is 1.93 bits per heavy atom. The Morgan fingerprint density at radius 1 is 1.07 bits per heavy atom. The van der Waals surface area contributed by atoms with E-state index in [2.05, 4.69) is 81.0 Å². The molecule has 1 aromatic carbocycles. The summed E-state index contributed by atoms with van der Waals surface area (Å²) in [5, 5.41) is 0.438. The van der Waals surface area contributed by atoms with E-state index in [1.165, 1.54) is 5.56 Å². The van der Waals surface area contributed by atoms with Gasteiger partial charge in [0.05, 0.1) is 8.07 Å². The summed E-state index contributed by atoms with van der Waals surface area (Å²) < 4.78 is 0. The maximum Gasteiger partial charge on any atom is 0.0592 e. The van der Waals surface area contributed by atoms with E-state index < -0.39 is 8.07 Å². The van der Waals surface area contributed by atoms with Gasteiger partial charge >= 0.3 is 0 Å². The van der Waals surface area contributed by atoms with E-state index in [-0.39, 0.29) is 5.33 Å². The normalized spacial score (nSPS) is 14.4. The lowest BCUT2D eigenvalue weighted by atomic mass is 10.2. The molecule has 1 aromatic rings. The third-order valence-electron chi connectivity index (χ3n) is 2.13. The standard InChI is InChI=1S/C10H15Br2PSi/c1-14(2,3)10(13(11)12)9-7-5-4-6-8-9/h4-8,10H,1-3H3. The minimum absolute atomic E-state index is 0.242. The van der Waals surface area contributed by atoms with Gasteiger partial charge in [0.25, 0.3) is 0 Å². The van der Waals surface area contributed by atoms with Gasteiger partial charge in [-0.3, -0.25) is 0 Å². The second-order valence-corrected chi connectivity index (χ2v) is 18.7. The second kappa shape index (κ2) is 5.24. The smallest absolute Gasteiger partial charge is 0.0592 e. The van der Waals surface area contributed by atoms with Crippen LogP contribution >= 0.6 is 36.3 Å². The van der Waals surface area contributed by atoms with Crippen molar-refractivity contribution in [1.29, 1.82) is 0 Å². The lowest BCUT2D eigenvalue weighted by Gasteiger charge is -2.30. The minimum atomic E-state index is -1.16. The van der Waals surface area contributed by atoms with Crippen LogP contribution in [0.3, 0.4) is 0 Å². The van der Waals surface area contributed by atoms with Crippen molar-refractivity contribution in [1.82, 2.24) is 0 Å². The van der Waals surface area contributed by atoms with Crippen LogP contribution in [0.2, 0.25) is 19.6 Å². The molecule has 78 valence electrons. The molecule has 0 nitrogen and oxygen atoms in total. The summed E-state index contributed by atoms with van der Waals surface area (Å²) in [6.07, 6.45) is 0.